The first kappa shape index (κ1) is 20.5. The van der Waals surface area contributed by atoms with Crippen LogP contribution in [-0.4, -0.2) is 31.0 Å². The van der Waals surface area contributed by atoms with Crippen molar-refractivity contribution < 1.29 is 21.6 Å². The summed E-state index contributed by atoms with van der Waals surface area (Å²) in [4.78, 5) is 13.0. The molecule has 0 N–H and O–H groups in total. The molecule has 0 radical (unpaired) electrons. The van der Waals surface area contributed by atoms with Crippen LogP contribution in [-0.2, 0) is 26.6 Å². The molecule has 0 spiro atoms. The van der Waals surface area contributed by atoms with Crippen molar-refractivity contribution in [3.63, 3.8) is 0 Å². The summed E-state index contributed by atoms with van der Waals surface area (Å²) in [5.74, 6) is -0.672. The van der Waals surface area contributed by atoms with Crippen molar-refractivity contribution in [2.45, 2.75) is 23.3 Å². The van der Waals surface area contributed by atoms with E-state index < -0.39 is 32.5 Å². The van der Waals surface area contributed by atoms with E-state index in [2.05, 4.69) is 0 Å². The Kier molecular flexibility index (Phi) is 4.51. The number of amides is 1. The van der Waals surface area contributed by atoms with Crippen LogP contribution in [0.15, 0.2) is 88.7 Å². The quantitative estimate of drug-likeness (QED) is 0.459. The lowest BCUT2D eigenvalue weighted by molar-refractivity contribution is 0.0863. The van der Waals surface area contributed by atoms with E-state index in [9.17, 15) is 21.6 Å². The van der Waals surface area contributed by atoms with E-state index in [-0.39, 0.29) is 21.0 Å². The zero-order valence-electron chi connectivity index (χ0n) is 17.0. The maximum atomic E-state index is 13.6. The lowest BCUT2D eigenvalue weighted by Crippen LogP contribution is -2.31. The highest BCUT2D eigenvalue weighted by Gasteiger charge is 2.42. The van der Waals surface area contributed by atoms with Crippen LogP contribution < -0.4 is 0 Å². The molecule has 1 aliphatic rings. The highest BCUT2D eigenvalue weighted by atomic mass is 32.2. The summed E-state index contributed by atoms with van der Waals surface area (Å²) in [6.45, 7) is 1.33. The molecule has 0 bridgehead atoms. The molecule has 3 aromatic carbocycles. The summed E-state index contributed by atoms with van der Waals surface area (Å²) >= 11 is 0. The molecule has 9 heteroatoms. The molecule has 1 aliphatic heterocycles. The average molecular weight is 467 g/mol. The molecular formula is C23H18N2O5S2. The molecule has 0 saturated heterocycles. The normalized spacial score (nSPS) is 15.3. The number of carbonyl (C=O) groups excluding carboxylic acids is 1. The summed E-state index contributed by atoms with van der Waals surface area (Å²) in [6.07, 6.45) is 0. The number of carbonyl (C=O) groups is 1. The zero-order valence-corrected chi connectivity index (χ0v) is 18.6. The second-order valence-corrected chi connectivity index (χ2v) is 11.1. The predicted molar refractivity (Wildman–Crippen MR) is 119 cm³/mol. The number of rotatable bonds is 4. The Morgan fingerprint density at radius 2 is 1.47 bits per heavy atom. The Balaban J connectivity index is 1.74. The van der Waals surface area contributed by atoms with Gasteiger partial charge in [-0.1, -0.05) is 48.5 Å². The van der Waals surface area contributed by atoms with Gasteiger partial charge in [0.1, 0.15) is 4.90 Å². The minimum Gasteiger partial charge on any atom is -0.268 e. The number of aromatic nitrogens is 1. The molecule has 0 fully saturated rings. The van der Waals surface area contributed by atoms with Gasteiger partial charge in [-0.3, -0.25) is 4.79 Å². The number of hydrogen-bond acceptors (Lipinski definition) is 5. The third-order valence-corrected chi connectivity index (χ3v) is 9.24. The molecule has 32 heavy (non-hydrogen) atoms. The highest BCUT2D eigenvalue weighted by molar-refractivity contribution is 7.90. The van der Waals surface area contributed by atoms with E-state index in [0.717, 1.165) is 8.28 Å². The van der Waals surface area contributed by atoms with E-state index >= 15 is 0 Å². The monoisotopic (exact) mass is 466 g/mol. The molecule has 1 amide bonds. The van der Waals surface area contributed by atoms with Gasteiger partial charge >= 0.3 is 0 Å². The third-order valence-electron chi connectivity index (χ3n) is 5.69. The Hall–Kier alpha value is -3.43. The van der Waals surface area contributed by atoms with Crippen molar-refractivity contribution in [3.8, 4) is 0 Å². The summed E-state index contributed by atoms with van der Waals surface area (Å²) in [6, 6.07) is 20.9. The van der Waals surface area contributed by atoms with Crippen molar-refractivity contribution in [3.05, 3.63) is 95.7 Å². The van der Waals surface area contributed by atoms with Crippen LogP contribution in [0.25, 0.3) is 10.9 Å². The van der Waals surface area contributed by atoms with Crippen LogP contribution in [0.4, 0.5) is 0 Å². The first-order valence-electron chi connectivity index (χ1n) is 9.80. The fourth-order valence-corrected chi connectivity index (χ4v) is 7.24. The van der Waals surface area contributed by atoms with Gasteiger partial charge in [0.25, 0.3) is 26.0 Å². The number of nitrogens with zero attached hydrogens (tertiary/aromatic N) is 2. The molecule has 4 aromatic rings. The minimum atomic E-state index is -4.10. The van der Waals surface area contributed by atoms with Crippen molar-refractivity contribution >= 4 is 36.9 Å². The summed E-state index contributed by atoms with van der Waals surface area (Å²) in [5, 5.41) is 0.670. The molecular weight excluding hydrogens is 448 g/mol. The lowest BCUT2D eigenvalue weighted by atomic mass is 10.1. The fraction of sp³-hybridized carbons (Fsp3) is 0.0870. The van der Waals surface area contributed by atoms with Crippen LogP contribution in [0.2, 0.25) is 0 Å². The maximum absolute atomic E-state index is 13.6. The van der Waals surface area contributed by atoms with E-state index in [0.29, 0.717) is 16.5 Å². The van der Waals surface area contributed by atoms with Crippen LogP contribution in [0.1, 0.15) is 21.6 Å². The first-order valence-corrected chi connectivity index (χ1v) is 12.7. The van der Waals surface area contributed by atoms with Crippen molar-refractivity contribution in [2.24, 2.45) is 0 Å². The molecule has 162 valence electrons. The number of sulfonamides is 1. The fourth-order valence-electron chi connectivity index (χ4n) is 4.10. The minimum absolute atomic E-state index is 0.0703. The second-order valence-electron chi connectivity index (χ2n) is 7.48. The molecule has 2 heterocycles. The first-order chi connectivity index (χ1) is 15.2. The Morgan fingerprint density at radius 3 is 2.19 bits per heavy atom. The molecule has 0 atom stereocenters. The number of para-hydroxylation sites is 1. The van der Waals surface area contributed by atoms with Gasteiger partial charge in [-0.15, -0.1) is 0 Å². The van der Waals surface area contributed by atoms with Crippen LogP contribution in [0, 0.1) is 6.92 Å². The third kappa shape index (κ3) is 2.81. The van der Waals surface area contributed by atoms with E-state index in [1.54, 1.807) is 61.5 Å². The molecule has 1 aromatic heterocycles. The van der Waals surface area contributed by atoms with Gasteiger partial charge in [0.15, 0.2) is 0 Å². The SMILES string of the molecule is Cc1c(CN2C(=O)c3ccccc3S2(=O)=O)n(S(=O)(=O)c2ccccc2)c2ccccc12. The number of aryl methyl sites for hydroxylation is 1. The Morgan fingerprint density at radius 1 is 0.844 bits per heavy atom. The van der Waals surface area contributed by atoms with Gasteiger partial charge in [0, 0.05) is 5.39 Å². The maximum Gasteiger partial charge on any atom is 0.269 e. The molecule has 7 nitrogen and oxygen atoms in total. The molecule has 0 unspecified atom stereocenters. The van der Waals surface area contributed by atoms with E-state index in [1.807, 2.05) is 0 Å². The molecule has 5 rings (SSSR count). The molecule has 0 saturated carbocycles. The van der Waals surface area contributed by atoms with E-state index in [4.69, 9.17) is 0 Å². The topological polar surface area (TPSA) is 93.5 Å². The van der Waals surface area contributed by atoms with Crippen LogP contribution in [0.3, 0.4) is 0 Å². The van der Waals surface area contributed by atoms with Crippen molar-refractivity contribution in [1.82, 2.24) is 8.28 Å². The number of fused-ring (bicyclic) bond motifs is 2. The summed E-state index contributed by atoms with van der Waals surface area (Å²) in [5.41, 5.74) is 1.32. The molecule has 0 aliphatic carbocycles. The van der Waals surface area contributed by atoms with Gasteiger partial charge < -0.3 is 0 Å². The largest absolute Gasteiger partial charge is 0.269 e. The summed E-state index contributed by atoms with van der Waals surface area (Å²) in [7, 11) is -8.15. The standard InChI is InChI=1S/C23H18N2O5S2/c1-16-18-11-5-7-13-20(18)25(31(27,28)17-9-3-2-4-10-17)21(16)15-24-23(26)19-12-6-8-14-22(19)32(24,29)30/h2-14H,15H2,1H3. The van der Waals surface area contributed by atoms with Crippen molar-refractivity contribution in [1.29, 1.82) is 0 Å². The summed E-state index contributed by atoms with van der Waals surface area (Å²) < 4.78 is 55.4. The van der Waals surface area contributed by atoms with Gasteiger partial charge in [-0.05, 0) is 42.8 Å². The number of benzene rings is 3. The predicted octanol–water partition coefficient (Wildman–Crippen LogP) is 3.53. The van der Waals surface area contributed by atoms with Crippen LogP contribution in [0.5, 0.6) is 0 Å². The average Bonchev–Trinajstić information content (AvgIpc) is 3.19. The Bertz CT molecular complexity index is 1600. The van der Waals surface area contributed by atoms with E-state index in [1.165, 1.54) is 24.3 Å². The number of hydrogen-bond donors (Lipinski definition) is 0. The smallest absolute Gasteiger partial charge is 0.268 e. The van der Waals surface area contributed by atoms with Gasteiger partial charge in [0.05, 0.1) is 28.2 Å². The zero-order chi connectivity index (χ0) is 22.7. The van der Waals surface area contributed by atoms with Gasteiger partial charge in [-0.2, -0.15) is 0 Å². The van der Waals surface area contributed by atoms with Gasteiger partial charge in [-0.25, -0.2) is 25.1 Å². The van der Waals surface area contributed by atoms with Crippen LogP contribution >= 0.6 is 0 Å². The van der Waals surface area contributed by atoms with Crippen molar-refractivity contribution in [2.75, 3.05) is 0 Å². The highest BCUT2D eigenvalue weighted by Crippen LogP contribution is 2.35. The lowest BCUT2D eigenvalue weighted by Gasteiger charge is -2.18. The second kappa shape index (κ2) is 7.04. The van der Waals surface area contributed by atoms with Gasteiger partial charge in [0.2, 0.25) is 0 Å². The Labute approximate surface area is 185 Å².